The van der Waals surface area contributed by atoms with Crippen molar-refractivity contribution in [1.29, 1.82) is 0 Å². The molecule has 0 saturated carbocycles. The summed E-state index contributed by atoms with van der Waals surface area (Å²) in [7, 11) is 0. The predicted octanol–water partition coefficient (Wildman–Crippen LogP) is 4.36. The van der Waals surface area contributed by atoms with Crippen LogP contribution >= 0.6 is 0 Å². The minimum absolute atomic E-state index is 0.00174. The summed E-state index contributed by atoms with van der Waals surface area (Å²) in [5.74, 6) is -2.17. The number of carboxylic acids is 1. The summed E-state index contributed by atoms with van der Waals surface area (Å²) in [5.41, 5.74) is -2.42. The maximum atomic E-state index is 12.8. The van der Waals surface area contributed by atoms with Crippen LogP contribution in [0.3, 0.4) is 0 Å². The van der Waals surface area contributed by atoms with E-state index < -0.39 is 35.5 Å². The molecule has 128 valence electrons. The first-order valence-corrected chi connectivity index (χ1v) is 6.14. The molecule has 0 fully saturated rings. The van der Waals surface area contributed by atoms with Crippen molar-refractivity contribution < 1.29 is 41.0 Å². The number of rotatable bonds is 3. The van der Waals surface area contributed by atoms with Crippen LogP contribution in [0, 0.1) is 0 Å². The summed E-state index contributed by atoms with van der Waals surface area (Å²) < 4.78 is 78.2. The van der Waals surface area contributed by atoms with Gasteiger partial charge in [0.2, 0.25) is 0 Å². The molecule has 1 N–H and O–H groups in total. The molecule has 0 atom stereocenters. The molecule has 24 heavy (non-hydrogen) atoms. The number of aromatic carboxylic acids is 1. The molecule has 0 aliphatic heterocycles. The van der Waals surface area contributed by atoms with Crippen LogP contribution in [0.25, 0.3) is 11.3 Å². The second-order valence-electron chi connectivity index (χ2n) is 4.50. The molecular weight excluding hydrogens is 344 g/mol. The average Bonchev–Trinajstić information content (AvgIpc) is 2.45. The van der Waals surface area contributed by atoms with Crippen molar-refractivity contribution in [3.63, 3.8) is 0 Å². The van der Waals surface area contributed by atoms with E-state index in [1.165, 1.54) is 0 Å². The minimum atomic E-state index is -4.91. The second-order valence-corrected chi connectivity index (χ2v) is 4.50. The number of alkyl halides is 6. The van der Waals surface area contributed by atoms with E-state index in [0.717, 1.165) is 30.3 Å². The van der Waals surface area contributed by atoms with Gasteiger partial charge in [0.25, 0.3) is 0 Å². The predicted molar refractivity (Wildman–Crippen MR) is 68.3 cm³/mol. The molecule has 2 aromatic rings. The van der Waals surface area contributed by atoms with E-state index in [1.807, 2.05) is 0 Å². The molecule has 0 amide bonds. The zero-order valence-electron chi connectivity index (χ0n) is 11.4. The van der Waals surface area contributed by atoms with Gasteiger partial charge in [-0.05, 0) is 36.4 Å². The van der Waals surface area contributed by atoms with Crippen molar-refractivity contribution in [1.82, 2.24) is 4.98 Å². The van der Waals surface area contributed by atoms with Crippen molar-refractivity contribution in [2.75, 3.05) is 0 Å². The number of halogens is 6. The first-order valence-electron chi connectivity index (χ1n) is 6.14. The van der Waals surface area contributed by atoms with Gasteiger partial charge < -0.3 is 9.84 Å². The van der Waals surface area contributed by atoms with Gasteiger partial charge in [-0.3, -0.25) is 0 Å². The summed E-state index contributed by atoms with van der Waals surface area (Å²) in [6.07, 6.45) is -9.79. The number of carbonyl (C=O) groups is 1. The zero-order chi connectivity index (χ0) is 18.1. The fourth-order valence-corrected chi connectivity index (χ4v) is 1.77. The number of benzene rings is 1. The summed E-state index contributed by atoms with van der Waals surface area (Å²) in [4.78, 5) is 14.2. The number of hydrogen-bond donors (Lipinski definition) is 1. The van der Waals surface area contributed by atoms with Crippen molar-refractivity contribution >= 4 is 5.97 Å². The van der Waals surface area contributed by atoms with Crippen molar-refractivity contribution in [3.05, 3.63) is 47.7 Å². The first kappa shape index (κ1) is 17.6. The Morgan fingerprint density at radius 1 is 1.00 bits per heavy atom. The largest absolute Gasteiger partial charge is 0.573 e. The first-order chi connectivity index (χ1) is 11.0. The summed E-state index contributed by atoms with van der Waals surface area (Å²) in [6, 6.07) is 5.09. The lowest BCUT2D eigenvalue weighted by atomic mass is 10.1. The van der Waals surface area contributed by atoms with E-state index in [-0.39, 0.29) is 11.3 Å². The van der Waals surface area contributed by atoms with Gasteiger partial charge in [-0.25, -0.2) is 9.78 Å². The molecule has 0 aliphatic rings. The van der Waals surface area contributed by atoms with Gasteiger partial charge in [-0.2, -0.15) is 13.2 Å². The lowest BCUT2D eigenvalue weighted by molar-refractivity contribution is -0.274. The van der Waals surface area contributed by atoms with E-state index in [1.54, 1.807) is 0 Å². The van der Waals surface area contributed by atoms with E-state index in [0.29, 0.717) is 6.07 Å². The number of ether oxygens (including phenoxy) is 1. The van der Waals surface area contributed by atoms with Crippen LogP contribution < -0.4 is 4.74 Å². The van der Waals surface area contributed by atoms with Crippen molar-refractivity contribution in [3.8, 4) is 17.0 Å². The molecule has 0 bridgehead atoms. The van der Waals surface area contributed by atoms with Gasteiger partial charge in [-0.1, -0.05) is 0 Å². The number of pyridine rings is 1. The number of aromatic nitrogens is 1. The Morgan fingerprint density at radius 3 is 2.04 bits per heavy atom. The number of hydrogen-bond acceptors (Lipinski definition) is 3. The molecule has 1 aromatic carbocycles. The maximum Gasteiger partial charge on any atom is 0.573 e. The van der Waals surface area contributed by atoms with Crippen LogP contribution in [0.15, 0.2) is 36.4 Å². The summed E-state index contributed by atoms with van der Waals surface area (Å²) in [6.45, 7) is 0. The molecule has 0 saturated heterocycles. The molecular formula is C14H7F6NO3. The standard InChI is InChI=1S/C14H7F6NO3/c15-13(16,17)11-6-8(12(22)23)5-10(21-11)7-1-3-9(4-2-7)24-14(18,19)20/h1-6H,(H,22,23). The smallest absolute Gasteiger partial charge is 0.478 e. The highest BCUT2D eigenvalue weighted by molar-refractivity contribution is 5.89. The zero-order valence-corrected chi connectivity index (χ0v) is 11.4. The minimum Gasteiger partial charge on any atom is -0.478 e. The van der Waals surface area contributed by atoms with Crippen molar-refractivity contribution in [2.45, 2.75) is 12.5 Å². The quantitative estimate of drug-likeness (QED) is 0.835. The van der Waals surface area contributed by atoms with Crippen LogP contribution in [0.2, 0.25) is 0 Å². The molecule has 0 spiro atoms. The molecule has 0 radical (unpaired) electrons. The average molecular weight is 351 g/mol. The van der Waals surface area contributed by atoms with E-state index in [2.05, 4.69) is 9.72 Å². The molecule has 10 heteroatoms. The van der Waals surface area contributed by atoms with Crippen LogP contribution in [0.4, 0.5) is 26.3 Å². The third-order valence-electron chi connectivity index (χ3n) is 2.75. The monoisotopic (exact) mass is 351 g/mol. The Morgan fingerprint density at radius 2 is 1.58 bits per heavy atom. The molecule has 1 heterocycles. The summed E-state index contributed by atoms with van der Waals surface area (Å²) in [5, 5.41) is 8.88. The number of nitrogens with zero attached hydrogens (tertiary/aromatic N) is 1. The Hall–Kier alpha value is -2.78. The molecule has 4 nitrogen and oxygen atoms in total. The van der Waals surface area contributed by atoms with Gasteiger partial charge in [0.05, 0.1) is 11.3 Å². The van der Waals surface area contributed by atoms with Gasteiger partial charge in [0.1, 0.15) is 11.4 Å². The summed E-state index contributed by atoms with van der Waals surface area (Å²) >= 11 is 0. The van der Waals surface area contributed by atoms with E-state index >= 15 is 0 Å². The van der Waals surface area contributed by atoms with Crippen LogP contribution in [0.5, 0.6) is 5.75 Å². The van der Waals surface area contributed by atoms with Gasteiger partial charge in [-0.15, -0.1) is 13.2 Å². The molecule has 2 rings (SSSR count). The van der Waals surface area contributed by atoms with Crippen LogP contribution in [-0.2, 0) is 6.18 Å². The normalized spacial score (nSPS) is 12.1. The molecule has 1 aromatic heterocycles. The maximum absolute atomic E-state index is 12.8. The second kappa shape index (κ2) is 6.02. The fourth-order valence-electron chi connectivity index (χ4n) is 1.77. The Labute approximate surface area is 130 Å². The lowest BCUT2D eigenvalue weighted by Crippen LogP contribution is -2.17. The highest BCUT2D eigenvalue weighted by atomic mass is 19.4. The van der Waals surface area contributed by atoms with Gasteiger partial charge >= 0.3 is 18.5 Å². The number of carboxylic acid groups (broad SMARTS) is 1. The third kappa shape index (κ3) is 4.37. The van der Waals surface area contributed by atoms with Crippen molar-refractivity contribution in [2.24, 2.45) is 0 Å². The fraction of sp³-hybridized carbons (Fsp3) is 0.143. The highest BCUT2D eigenvalue weighted by Crippen LogP contribution is 2.32. The SMILES string of the molecule is O=C(O)c1cc(-c2ccc(OC(F)(F)F)cc2)nc(C(F)(F)F)c1. The Bertz CT molecular complexity index is 753. The topological polar surface area (TPSA) is 59.4 Å². The van der Waals surface area contributed by atoms with E-state index in [4.69, 9.17) is 5.11 Å². The third-order valence-corrected chi connectivity index (χ3v) is 2.75. The van der Waals surface area contributed by atoms with Gasteiger partial charge in [0.15, 0.2) is 0 Å². The van der Waals surface area contributed by atoms with Crippen LogP contribution in [0.1, 0.15) is 16.1 Å². The van der Waals surface area contributed by atoms with Gasteiger partial charge in [0, 0.05) is 5.56 Å². The lowest BCUT2D eigenvalue weighted by Gasteiger charge is -2.11. The molecule has 0 unspecified atom stereocenters. The Kier molecular flexibility index (Phi) is 4.41. The molecule has 0 aliphatic carbocycles. The Balaban J connectivity index is 2.44. The van der Waals surface area contributed by atoms with Crippen LogP contribution in [-0.4, -0.2) is 22.4 Å². The van der Waals surface area contributed by atoms with E-state index in [9.17, 15) is 31.1 Å². The highest BCUT2D eigenvalue weighted by Gasteiger charge is 2.34.